The monoisotopic (exact) mass is 580 g/mol. The summed E-state index contributed by atoms with van der Waals surface area (Å²) in [5.74, 6) is -1.09. The maximum atomic E-state index is 13.5. The lowest BCUT2D eigenvalue weighted by Gasteiger charge is -2.27. The Balaban J connectivity index is 1.30. The first-order valence-corrected chi connectivity index (χ1v) is 14.0. The number of nitrogens with zero attached hydrogens (tertiary/aromatic N) is 4. The minimum absolute atomic E-state index is 0.00866. The van der Waals surface area contributed by atoms with E-state index < -0.39 is 11.8 Å². The highest BCUT2D eigenvalue weighted by Crippen LogP contribution is 2.31. The van der Waals surface area contributed by atoms with Crippen molar-refractivity contribution in [3.63, 3.8) is 0 Å². The van der Waals surface area contributed by atoms with Crippen LogP contribution >= 0.6 is 0 Å². The number of allylic oxidation sites excluding steroid dienone is 4. The molecule has 0 radical (unpaired) electrons. The predicted molar refractivity (Wildman–Crippen MR) is 171 cm³/mol. The average molecular weight is 581 g/mol. The summed E-state index contributed by atoms with van der Waals surface area (Å²) >= 11 is 0. The lowest BCUT2D eigenvalue weighted by Crippen LogP contribution is -2.41. The topological polar surface area (TPSA) is 87.8 Å². The van der Waals surface area contributed by atoms with E-state index in [1.54, 1.807) is 78.9 Å². The second-order valence-corrected chi connectivity index (χ2v) is 9.96. The molecule has 1 aromatic heterocycles. The van der Waals surface area contributed by atoms with Crippen LogP contribution in [0.4, 0.5) is 11.4 Å². The van der Waals surface area contributed by atoms with E-state index in [1.807, 2.05) is 60.7 Å². The van der Waals surface area contributed by atoms with Crippen molar-refractivity contribution in [2.24, 2.45) is 0 Å². The van der Waals surface area contributed by atoms with Gasteiger partial charge in [-0.3, -0.25) is 14.4 Å². The summed E-state index contributed by atoms with van der Waals surface area (Å²) in [4.78, 5) is 40.4. The molecule has 2 heterocycles. The number of hydrazine groups is 1. The quantitative estimate of drug-likeness (QED) is 0.141. The summed E-state index contributed by atoms with van der Waals surface area (Å²) < 4.78 is 2.98. The van der Waals surface area contributed by atoms with E-state index >= 15 is 0 Å². The van der Waals surface area contributed by atoms with Gasteiger partial charge in [0.25, 0.3) is 17.4 Å². The van der Waals surface area contributed by atoms with Gasteiger partial charge >= 0.3 is 0 Å². The van der Waals surface area contributed by atoms with Crippen LogP contribution in [0.15, 0.2) is 156 Å². The number of benzene rings is 4. The lowest BCUT2D eigenvalue weighted by atomic mass is 10.2. The van der Waals surface area contributed by atoms with E-state index in [2.05, 4.69) is 0 Å². The largest absolute Gasteiger partial charge is 0.493 e. The highest BCUT2D eigenvalue weighted by Gasteiger charge is 2.42. The van der Waals surface area contributed by atoms with E-state index in [0.717, 1.165) is 5.56 Å². The third-order valence-electron chi connectivity index (χ3n) is 7.12. The van der Waals surface area contributed by atoms with E-state index in [0.29, 0.717) is 17.1 Å². The van der Waals surface area contributed by atoms with E-state index in [4.69, 9.17) is 0 Å². The summed E-state index contributed by atoms with van der Waals surface area (Å²) in [6, 6.07) is 36.6. The molecular weight excluding hydrogens is 552 g/mol. The van der Waals surface area contributed by atoms with Gasteiger partial charge in [0.2, 0.25) is 5.88 Å². The number of carbonyl (C=O) groups is 2. The molecule has 1 fully saturated rings. The molecule has 4 aromatic carbocycles. The van der Waals surface area contributed by atoms with Gasteiger partial charge in [0.05, 0.1) is 23.6 Å². The minimum Gasteiger partial charge on any atom is -0.493 e. The maximum Gasteiger partial charge on any atom is 0.283 e. The van der Waals surface area contributed by atoms with Gasteiger partial charge in [0.1, 0.15) is 11.1 Å². The van der Waals surface area contributed by atoms with E-state index in [1.165, 1.54) is 31.5 Å². The van der Waals surface area contributed by atoms with Crippen LogP contribution in [0.5, 0.6) is 5.88 Å². The number of para-hydroxylation sites is 3. The molecule has 216 valence electrons. The van der Waals surface area contributed by atoms with Crippen LogP contribution in [-0.2, 0) is 16.1 Å². The van der Waals surface area contributed by atoms with Crippen LogP contribution in [0.3, 0.4) is 0 Å². The molecule has 1 N–H and O–H groups in total. The van der Waals surface area contributed by atoms with Crippen molar-refractivity contribution in [1.29, 1.82) is 0 Å². The van der Waals surface area contributed by atoms with Gasteiger partial charge in [-0.1, -0.05) is 103 Å². The van der Waals surface area contributed by atoms with Crippen LogP contribution in [0.25, 0.3) is 11.8 Å². The van der Waals surface area contributed by atoms with Crippen molar-refractivity contribution in [1.82, 2.24) is 9.36 Å². The Morgan fingerprint density at radius 3 is 1.57 bits per heavy atom. The smallest absolute Gasteiger partial charge is 0.283 e. The average Bonchev–Trinajstić information content (AvgIpc) is 3.45. The Morgan fingerprint density at radius 2 is 1.05 bits per heavy atom. The predicted octanol–water partition coefficient (Wildman–Crippen LogP) is 5.88. The molecule has 5 aromatic rings. The fourth-order valence-corrected chi connectivity index (χ4v) is 5.04. The van der Waals surface area contributed by atoms with Crippen LogP contribution in [0, 0.1) is 0 Å². The summed E-state index contributed by atoms with van der Waals surface area (Å²) in [5, 5.41) is 13.8. The zero-order valence-electron chi connectivity index (χ0n) is 23.6. The lowest BCUT2D eigenvalue weighted by molar-refractivity contribution is -0.116. The molecule has 44 heavy (non-hydrogen) atoms. The second kappa shape index (κ2) is 12.4. The Hall–Kier alpha value is -6.15. The molecule has 8 heteroatoms. The minimum atomic E-state index is -0.458. The normalized spacial score (nSPS) is 13.5. The molecule has 0 aliphatic carbocycles. The molecule has 1 aliphatic rings. The summed E-state index contributed by atoms with van der Waals surface area (Å²) in [5.41, 5.74) is 2.38. The molecule has 0 bridgehead atoms. The number of aromatic nitrogens is 2. The van der Waals surface area contributed by atoms with Gasteiger partial charge in [-0.2, -0.15) is 0 Å². The Bertz CT molecular complexity index is 1880. The molecule has 2 amide bonds. The van der Waals surface area contributed by atoms with Crippen molar-refractivity contribution in [2.45, 2.75) is 6.54 Å². The van der Waals surface area contributed by atoms with Crippen LogP contribution in [0.1, 0.15) is 11.1 Å². The SMILES string of the molecule is O=C1C(=C/C=C/C=C/c2c(O)n(Cc3ccccc3)n(-c3ccccc3)c2=O)C(=O)N(c2ccccc2)N1c1ccccc1. The highest BCUT2D eigenvalue weighted by atomic mass is 16.3. The molecule has 6 rings (SSSR count). The molecule has 0 unspecified atom stereocenters. The van der Waals surface area contributed by atoms with Gasteiger partial charge in [0.15, 0.2) is 0 Å². The van der Waals surface area contributed by atoms with Gasteiger partial charge in [-0.25, -0.2) is 19.4 Å². The standard InChI is InChI=1S/C36H28N4O4/c41-33-31(34(42)38(28-18-8-2-9-19-28)37(33)26-27-16-6-1-7-17-27)24-14-5-15-25-32-35(43)39(29-20-10-3-11-21-29)40(36(32)44)30-22-12-4-13-23-30/h1-25,41H,26H2/b15-5+,24-14+. The molecule has 0 atom stereocenters. The van der Waals surface area contributed by atoms with Crippen LogP contribution in [0.2, 0.25) is 0 Å². The van der Waals surface area contributed by atoms with Crippen molar-refractivity contribution >= 4 is 29.3 Å². The van der Waals surface area contributed by atoms with Gasteiger partial charge < -0.3 is 5.11 Å². The third kappa shape index (κ3) is 5.39. The molecule has 0 saturated carbocycles. The zero-order chi connectivity index (χ0) is 30.5. The number of amides is 2. The fourth-order valence-electron chi connectivity index (χ4n) is 5.04. The Kier molecular flexibility index (Phi) is 7.88. The van der Waals surface area contributed by atoms with Crippen molar-refractivity contribution in [2.75, 3.05) is 10.0 Å². The fraction of sp³-hybridized carbons (Fsp3) is 0.0278. The van der Waals surface area contributed by atoms with Crippen molar-refractivity contribution < 1.29 is 14.7 Å². The summed E-state index contributed by atoms with van der Waals surface area (Å²) in [7, 11) is 0. The zero-order valence-corrected chi connectivity index (χ0v) is 23.6. The summed E-state index contributed by atoms with van der Waals surface area (Å²) in [6.45, 7) is 0.284. The number of hydrogen-bond donors (Lipinski definition) is 1. The van der Waals surface area contributed by atoms with Crippen LogP contribution < -0.4 is 15.6 Å². The Morgan fingerprint density at radius 1 is 0.568 bits per heavy atom. The van der Waals surface area contributed by atoms with Gasteiger partial charge in [-0.05, 0) is 54.1 Å². The highest BCUT2D eigenvalue weighted by molar-refractivity contribution is 6.36. The van der Waals surface area contributed by atoms with Crippen molar-refractivity contribution in [3.05, 3.63) is 173 Å². The number of carbonyl (C=O) groups excluding carboxylic acids is 2. The first-order chi connectivity index (χ1) is 21.5. The number of aromatic hydroxyl groups is 1. The van der Waals surface area contributed by atoms with E-state index in [-0.39, 0.29) is 29.1 Å². The van der Waals surface area contributed by atoms with Crippen LogP contribution in [-0.4, -0.2) is 26.3 Å². The molecular formula is C36H28N4O4. The second-order valence-electron chi connectivity index (χ2n) is 9.96. The number of anilines is 2. The van der Waals surface area contributed by atoms with E-state index in [9.17, 15) is 19.5 Å². The van der Waals surface area contributed by atoms with Crippen molar-refractivity contribution in [3.8, 4) is 11.6 Å². The molecule has 1 saturated heterocycles. The maximum absolute atomic E-state index is 13.5. The Labute approximate surface area is 253 Å². The summed E-state index contributed by atoms with van der Waals surface area (Å²) in [6.07, 6.45) is 7.72. The molecule has 0 spiro atoms. The molecule has 1 aliphatic heterocycles. The third-order valence-corrected chi connectivity index (χ3v) is 7.12. The first-order valence-electron chi connectivity index (χ1n) is 14.0. The number of hydrogen-bond acceptors (Lipinski definition) is 4. The number of rotatable bonds is 8. The van der Waals surface area contributed by atoms with Gasteiger partial charge in [0, 0.05) is 0 Å². The van der Waals surface area contributed by atoms with Gasteiger partial charge in [-0.15, -0.1) is 0 Å². The molecule has 8 nitrogen and oxygen atoms in total. The first kappa shape index (κ1) is 28.0.